The van der Waals surface area contributed by atoms with Crippen LogP contribution >= 0.6 is 11.5 Å². The molecule has 1 aromatic carbocycles. The second-order valence-corrected chi connectivity index (χ2v) is 8.82. The van der Waals surface area contributed by atoms with Gasteiger partial charge in [0.25, 0.3) is 5.91 Å². The summed E-state index contributed by atoms with van der Waals surface area (Å²) in [6, 6.07) is 10.5. The fourth-order valence-electron chi connectivity index (χ4n) is 4.54. The first-order valence-corrected chi connectivity index (χ1v) is 11.2. The lowest BCUT2D eigenvalue weighted by Gasteiger charge is -2.36. The number of aryl methyl sites for hydroxylation is 1. The molecule has 0 saturated carbocycles. The molecule has 2 aromatic heterocycles. The van der Waals surface area contributed by atoms with E-state index >= 15 is 0 Å². The third-order valence-corrected chi connectivity index (χ3v) is 7.09. The number of hydrogen-bond donors (Lipinski definition) is 0. The Morgan fingerprint density at radius 2 is 1.86 bits per heavy atom. The normalized spacial score (nSPS) is 18.3. The van der Waals surface area contributed by atoms with Crippen LogP contribution in [0, 0.1) is 0 Å². The van der Waals surface area contributed by atoms with Crippen LogP contribution in [0.4, 0.5) is 5.82 Å². The fourth-order valence-corrected chi connectivity index (χ4v) is 5.33. The van der Waals surface area contributed by atoms with Gasteiger partial charge in [-0.05, 0) is 42.6 Å². The van der Waals surface area contributed by atoms with Crippen molar-refractivity contribution in [3.8, 4) is 0 Å². The quantitative estimate of drug-likeness (QED) is 0.665. The smallest absolute Gasteiger partial charge is 0.255 e. The summed E-state index contributed by atoms with van der Waals surface area (Å²) in [4.78, 5) is 19.9. The van der Waals surface area contributed by atoms with E-state index in [4.69, 9.17) is 4.37 Å². The average Bonchev–Trinajstić information content (AvgIpc) is 3.30. The van der Waals surface area contributed by atoms with Gasteiger partial charge >= 0.3 is 0 Å². The van der Waals surface area contributed by atoms with Crippen molar-refractivity contribution in [3.63, 3.8) is 0 Å². The SMILES string of the molecule is Cn1ccc2c1CCCN(CCN1CCN(c3nsc4ccccc34)CC1)C2=O. The summed E-state index contributed by atoms with van der Waals surface area (Å²) < 4.78 is 8.05. The molecule has 0 bridgehead atoms. The van der Waals surface area contributed by atoms with Crippen LogP contribution in [-0.2, 0) is 13.5 Å². The van der Waals surface area contributed by atoms with E-state index in [0.717, 1.165) is 70.0 Å². The maximum Gasteiger partial charge on any atom is 0.255 e. The summed E-state index contributed by atoms with van der Waals surface area (Å²) in [5.41, 5.74) is 2.08. The maximum atomic E-state index is 12.9. The molecule has 0 atom stereocenters. The van der Waals surface area contributed by atoms with Gasteiger partial charge in [-0.1, -0.05) is 12.1 Å². The number of hydrogen-bond acceptors (Lipinski definition) is 5. The standard InChI is InChI=1S/C22H27N5OS/c1-24-10-8-17-19(24)6-4-9-27(22(17)28)16-13-25-11-14-26(15-12-25)21-18-5-2-3-7-20(18)29-23-21/h2-3,5,7-8,10H,4,6,9,11-16H2,1H3. The first-order valence-electron chi connectivity index (χ1n) is 10.5. The van der Waals surface area contributed by atoms with Crippen molar-refractivity contribution in [2.75, 3.05) is 50.7 Å². The summed E-state index contributed by atoms with van der Waals surface area (Å²) in [6.07, 6.45) is 4.04. The van der Waals surface area contributed by atoms with Gasteiger partial charge in [0, 0.05) is 70.1 Å². The van der Waals surface area contributed by atoms with Gasteiger partial charge in [0.05, 0.1) is 10.3 Å². The second-order valence-electron chi connectivity index (χ2n) is 8.01. The summed E-state index contributed by atoms with van der Waals surface area (Å²) in [5.74, 6) is 1.33. The highest BCUT2D eigenvalue weighted by molar-refractivity contribution is 7.13. The molecule has 29 heavy (non-hydrogen) atoms. The molecule has 0 unspecified atom stereocenters. The lowest BCUT2D eigenvalue weighted by molar-refractivity contribution is 0.0739. The van der Waals surface area contributed by atoms with Gasteiger partial charge in [-0.3, -0.25) is 9.69 Å². The molecule has 1 amide bonds. The van der Waals surface area contributed by atoms with E-state index in [1.807, 2.05) is 24.2 Å². The van der Waals surface area contributed by atoms with E-state index in [1.165, 1.54) is 15.8 Å². The first kappa shape index (κ1) is 18.6. The molecular formula is C22H27N5OS. The molecule has 152 valence electrons. The molecule has 0 aliphatic carbocycles. The fraction of sp³-hybridized carbons (Fsp3) is 0.455. The van der Waals surface area contributed by atoms with Gasteiger partial charge in [0.2, 0.25) is 0 Å². The minimum Gasteiger partial charge on any atom is -0.354 e. The number of carbonyl (C=O) groups is 1. The van der Waals surface area contributed by atoms with Crippen molar-refractivity contribution < 1.29 is 4.79 Å². The lowest BCUT2D eigenvalue weighted by atomic mass is 10.2. The Morgan fingerprint density at radius 1 is 1.03 bits per heavy atom. The Kier molecular flexibility index (Phi) is 5.01. The summed E-state index contributed by atoms with van der Waals surface area (Å²) in [5, 5.41) is 1.26. The zero-order valence-electron chi connectivity index (χ0n) is 16.9. The molecule has 4 heterocycles. The number of amides is 1. The van der Waals surface area contributed by atoms with Crippen molar-refractivity contribution in [2.45, 2.75) is 12.8 Å². The maximum absolute atomic E-state index is 12.9. The van der Waals surface area contributed by atoms with E-state index in [-0.39, 0.29) is 5.91 Å². The molecule has 6 nitrogen and oxygen atoms in total. The van der Waals surface area contributed by atoms with Crippen LogP contribution in [0.15, 0.2) is 36.5 Å². The summed E-state index contributed by atoms with van der Waals surface area (Å²) in [6.45, 7) is 6.63. The second kappa shape index (κ2) is 7.80. The van der Waals surface area contributed by atoms with Crippen LogP contribution in [0.2, 0.25) is 0 Å². The van der Waals surface area contributed by atoms with Crippen LogP contribution in [0.3, 0.4) is 0 Å². The van der Waals surface area contributed by atoms with Crippen LogP contribution in [0.5, 0.6) is 0 Å². The molecule has 5 rings (SSSR count). The molecular weight excluding hydrogens is 382 g/mol. The molecule has 1 saturated heterocycles. The number of benzene rings is 1. The Morgan fingerprint density at radius 3 is 2.72 bits per heavy atom. The van der Waals surface area contributed by atoms with Gasteiger partial charge in [0.15, 0.2) is 0 Å². The van der Waals surface area contributed by atoms with Crippen molar-refractivity contribution in [1.29, 1.82) is 0 Å². The van der Waals surface area contributed by atoms with Crippen LogP contribution in [0.1, 0.15) is 22.5 Å². The van der Waals surface area contributed by atoms with Crippen molar-refractivity contribution in [2.24, 2.45) is 7.05 Å². The highest BCUT2D eigenvalue weighted by Gasteiger charge is 2.26. The van der Waals surface area contributed by atoms with Crippen molar-refractivity contribution in [1.82, 2.24) is 18.7 Å². The Labute approximate surface area is 175 Å². The largest absolute Gasteiger partial charge is 0.354 e. The van der Waals surface area contributed by atoms with Gasteiger partial charge in [-0.2, -0.15) is 4.37 Å². The summed E-state index contributed by atoms with van der Waals surface area (Å²) in [7, 11) is 2.03. The van der Waals surface area contributed by atoms with Crippen LogP contribution in [0.25, 0.3) is 10.1 Å². The highest BCUT2D eigenvalue weighted by Crippen LogP contribution is 2.29. The first-order chi connectivity index (χ1) is 14.2. The predicted octanol–water partition coefficient (Wildman–Crippen LogP) is 2.85. The monoisotopic (exact) mass is 409 g/mol. The van der Waals surface area contributed by atoms with Crippen molar-refractivity contribution in [3.05, 3.63) is 47.8 Å². The Hall–Kier alpha value is -2.38. The van der Waals surface area contributed by atoms with E-state index in [2.05, 4.69) is 38.6 Å². The number of aromatic nitrogens is 2. The number of piperazine rings is 1. The van der Waals surface area contributed by atoms with Crippen molar-refractivity contribution >= 4 is 33.3 Å². The molecule has 7 heteroatoms. The van der Waals surface area contributed by atoms with E-state index in [9.17, 15) is 4.79 Å². The number of anilines is 1. The van der Waals surface area contributed by atoms with Gasteiger partial charge < -0.3 is 14.4 Å². The highest BCUT2D eigenvalue weighted by atomic mass is 32.1. The minimum absolute atomic E-state index is 0.200. The Bertz CT molecular complexity index is 1020. The molecule has 0 N–H and O–H groups in total. The van der Waals surface area contributed by atoms with Gasteiger partial charge in [0.1, 0.15) is 5.82 Å². The van der Waals surface area contributed by atoms with E-state index in [0.29, 0.717) is 0 Å². The number of fused-ring (bicyclic) bond motifs is 2. The van der Waals surface area contributed by atoms with Crippen LogP contribution in [-0.4, -0.2) is 70.5 Å². The van der Waals surface area contributed by atoms with E-state index in [1.54, 1.807) is 11.5 Å². The average molecular weight is 410 g/mol. The lowest BCUT2D eigenvalue weighted by Crippen LogP contribution is -2.49. The topological polar surface area (TPSA) is 44.6 Å². The van der Waals surface area contributed by atoms with E-state index < -0.39 is 0 Å². The molecule has 3 aromatic rings. The number of nitrogens with zero attached hydrogens (tertiary/aromatic N) is 5. The summed E-state index contributed by atoms with van der Waals surface area (Å²) >= 11 is 1.58. The van der Waals surface area contributed by atoms with Gasteiger partial charge in [-0.25, -0.2) is 0 Å². The molecule has 1 fully saturated rings. The molecule has 2 aliphatic heterocycles. The number of carbonyl (C=O) groups excluding carboxylic acids is 1. The zero-order valence-corrected chi connectivity index (χ0v) is 17.7. The Balaban J connectivity index is 1.18. The number of rotatable bonds is 4. The van der Waals surface area contributed by atoms with Crippen LogP contribution < -0.4 is 4.90 Å². The molecule has 2 aliphatic rings. The van der Waals surface area contributed by atoms with Gasteiger partial charge in [-0.15, -0.1) is 0 Å². The minimum atomic E-state index is 0.200. The molecule has 0 radical (unpaired) electrons. The molecule has 0 spiro atoms. The third-order valence-electron chi connectivity index (χ3n) is 6.28. The third kappa shape index (κ3) is 3.53. The zero-order chi connectivity index (χ0) is 19.8. The predicted molar refractivity (Wildman–Crippen MR) is 118 cm³/mol.